The van der Waals surface area contributed by atoms with Gasteiger partial charge in [0.05, 0.1) is 6.10 Å². The first-order valence-electron chi connectivity index (χ1n) is 6.75. The molecule has 2 nitrogen and oxygen atoms in total. The maximum atomic E-state index is 10.6. The van der Waals surface area contributed by atoms with Gasteiger partial charge in [0, 0.05) is 6.04 Å². The average Bonchev–Trinajstić information content (AvgIpc) is 2.47. The maximum absolute atomic E-state index is 10.6. The van der Waals surface area contributed by atoms with E-state index in [-0.39, 0.29) is 6.04 Å². The highest BCUT2D eigenvalue weighted by atomic mass is 16.3. The van der Waals surface area contributed by atoms with Crippen molar-refractivity contribution < 1.29 is 5.11 Å². The topological polar surface area (TPSA) is 32.3 Å². The summed E-state index contributed by atoms with van der Waals surface area (Å²) in [5, 5.41) is 16.4. The van der Waals surface area contributed by atoms with Gasteiger partial charge in [0.2, 0.25) is 0 Å². The van der Waals surface area contributed by atoms with Crippen LogP contribution in [0.1, 0.15) is 30.9 Å². The van der Waals surface area contributed by atoms with Crippen LogP contribution in [0.2, 0.25) is 0 Å². The molecule has 0 amide bonds. The van der Waals surface area contributed by atoms with Gasteiger partial charge in [0.15, 0.2) is 0 Å². The van der Waals surface area contributed by atoms with Crippen molar-refractivity contribution in [1.82, 2.24) is 5.32 Å². The van der Waals surface area contributed by atoms with Gasteiger partial charge in [-0.15, -0.1) is 0 Å². The van der Waals surface area contributed by atoms with Crippen molar-refractivity contribution in [2.45, 2.75) is 31.4 Å². The Labute approximate surface area is 108 Å². The monoisotopic (exact) mass is 241 g/mol. The molecule has 2 aromatic rings. The molecule has 1 heterocycles. The summed E-state index contributed by atoms with van der Waals surface area (Å²) in [5.41, 5.74) is 1.05. The summed E-state index contributed by atoms with van der Waals surface area (Å²) in [4.78, 5) is 0. The normalized spacial score (nSPS) is 21.9. The first-order chi connectivity index (χ1) is 8.86. The molecule has 2 atom stereocenters. The Morgan fingerprint density at radius 2 is 1.89 bits per heavy atom. The number of hydrogen-bond acceptors (Lipinski definition) is 2. The smallest absolute Gasteiger partial charge is 0.0948 e. The van der Waals surface area contributed by atoms with Crippen LogP contribution in [0.3, 0.4) is 0 Å². The van der Waals surface area contributed by atoms with Gasteiger partial charge in [0.25, 0.3) is 0 Å². The number of rotatable bonds is 2. The van der Waals surface area contributed by atoms with E-state index in [2.05, 4.69) is 23.5 Å². The zero-order valence-electron chi connectivity index (χ0n) is 10.5. The third-order valence-corrected chi connectivity index (χ3v) is 3.87. The Hall–Kier alpha value is -1.38. The lowest BCUT2D eigenvalue weighted by atomic mass is 9.92. The second kappa shape index (κ2) is 5.09. The van der Waals surface area contributed by atoms with Gasteiger partial charge in [0.1, 0.15) is 0 Å². The molecule has 2 aromatic carbocycles. The summed E-state index contributed by atoms with van der Waals surface area (Å²) in [7, 11) is 0. The lowest BCUT2D eigenvalue weighted by Gasteiger charge is -2.28. The minimum atomic E-state index is -0.406. The largest absolute Gasteiger partial charge is 0.387 e. The Kier molecular flexibility index (Phi) is 3.31. The minimum absolute atomic E-state index is 0.199. The van der Waals surface area contributed by atoms with Crippen LogP contribution >= 0.6 is 0 Å². The van der Waals surface area contributed by atoms with Crippen molar-refractivity contribution in [2.24, 2.45) is 0 Å². The number of fused-ring (bicyclic) bond motifs is 1. The molecule has 3 rings (SSSR count). The van der Waals surface area contributed by atoms with E-state index in [0.29, 0.717) is 0 Å². The molecule has 0 aliphatic carbocycles. The Bertz CT molecular complexity index is 526. The molecule has 1 unspecified atom stereocenters. The van der Waals surface area contributed by atoms with Gasteiger partial charge >= 0.3 is 0 Å². The van der Waals surface area contributed by atoms with E-state index in [9.17, 15) is 5.11 Å². The quantitative estimate of drug-likeness (QED) is 0.847. The Balaban J connectivity index is 1.97. The fourth-order valence-electron chi connectivity index (χ4n) is 2.87. The van der Waals surface area contributed by atoms with Gasteiger partial charge in [-0.05, 0) is 35.7 Å². The van der Waals surface area contributed by atoms with Gasteiger partial charge < -0.3 is 10.4 Å². The fraction of sp³-hybridized carbons (Fsp3) is 0.375. The molecule has 0 saturated carbocycles. The summed E-state index contributed by atoms with van der Waals surface area (Å²) < 4.78 is 0. The van der Waals surface area contributed by atoms with Crippen molar-refractivity contribution in [1.29, 1.82) is 0 Å². The zero-order chi connectivity index (χ0) is 12.4. The van der Waals surface area contributed by atoms with Gasteiger partial charge in [-0.2, -0.15) is 0 Å². The van der Waals surface area contributed by atoms with Crippen molar-refractivity contribution in [2.75, 3.05) is 6.54 Å². The standard InChI is InChI=1S/C16H19NO/c18-16(15-10-3-4-11-17-15)14-9-5-7-12-6-1-2-8-13(12)14/h1-2,5-9,15-18H,3-4,10-11H2/t15?,16-/m1/s1. The maximum Gasteiger partial charge on any atom is 0.0948 e. The predicted molar refractivity (Wildman–Crippen MR) is 74.5 cm³/mol. The first kappa shape index (κ1) is 11.7. The van der Waals surface area contributed by atoms with Gasteiger partial charge in [-0.3, -0.25) is 0 Å². The molecule has 94 valence electrons. The van der Waals surface area contributed by atoms with Crippen LogP contribution in [0.4, 0.5) is 0 Å². The number of aliphatic hydroxyl groups is 1. The third kappa shape index (κ3) is 2.14. The summed E-state index contributed by atoms with van der Waals surface area (Å²) in [6.45, 7) is 1.02. The van der Waals surface area contributed by atoms with Crippen LogP contribution in [0.15, 0.2) is 42.5 Å². The van der Waals surface area contributed by atoms with Crippen LogP contribution in [0.25, 0.3) is 10.8 Å². The average molecular weight is 241 g/mol. The SMILES string of the molecule is O[C@H](c1cccc2ccccc12)C1CCCCN1. The minimum Gasteiger partial charge on any atom is -0.387 e. The molecule has 0 aromatic heterocycles. The van der Waals surface area contributed by atoms with Crippen molar-refractivity contribution in [3.8, 4) is 0 Å². The summed E-state index contributed by atoms with van der Waals surface area (Å²) in [6, 6.07) is 14.6. The molecule has 2 N–H and O–H groups in total. The highest BCUT2D eigenvalue weighted by Gasteiger charge is 2.23. The molecular formula is C16H19NO. The van der Waals surface area contributed by atoms with Crippen LogP contribution in [-0.2, 0) is 0 Å². The van der Waals surface area contributed by atoms with Crippen molar-refractivity contribution in [3.05, 3.63) is 48.0 Å². The highest BCUT2D eigenvalue weighted by Crippen LogP contribution is 2.28. The van der Waals surface area contributed by atoms with E-state index in [4.69, 9.17) is 0 Å². The van der Waals surface area contributed by atoms with Gasteiger partial charge in [-0.1, -0.05) is 48.9 Å². The van der Waals surface area contributed by atoms with E-state index in [1.54, 1.807) is 0 Å². The molecule has 1 aliphatic rings. The van der Waals surface area contributed by atoms with Gasteiger partial charge in [-0.25, -0.2) is 0 Å². The first-order valence-corrected chi connectivity index (χ1v) is 6.75. The van der Waals surface area contributed by atoms with Crippen molar-refractivity contribution in [3.63, 3.8) is 0 Å². The third-order valence-electron chi connectivity index (χ3n) is 3.87. The second-order valence-corrected chi connectivity index (χ2v) is 5.07. The molecule has 2 heteroatoms. The Morgan fingerprint density at radius 1 is 1.06 bits per heavy atom. The fourth-order valence-corrected chi connectivity index (χ4v) is 2.87. The second-order valence-electron chi connectivity index (χ2n) is 5.07. The van der Waals surface area contributed by atoms with E-state index in [1.165, 1.54) is 23.6 Å². The molecule has 0 spiro atoms. The number of benzene rings is 2. The van der Waals surface area contributed by atoms with Crippen molar-refractivity contribution >= 4 is 10.8 Å². The van der Waals surface area contributed by atoms with Crippen LogP contribution in [0, 0.1) is 0 Å². The number of hydrogen-bond donors (Lipinski definition) is 2. The lowest BCUT2D eigenvalue weighted by Crippen LogP contribution is -2.38. The van der Waals surface area contributed by atoms with Crippen LogP contribution in [-0.4, -0.2) is 17.7 Å². The molecular weight excluding hydrogens is 222 g/mol. The summed E-state index contributed by atoms with van der Waals surface area (Å²) in [6.07, 6.45) is 3.08. The summed E-state index contributed by atoms with van der Waals surface area (Å²) >= 11 is 0. The zero-order valence-corrected chi connectivity index (χ0v) is 10.5. The van der Waals surface area contributed by atoms with Crippen LogP contribution in [0.5, 0.6) is 0 Å². The van der Waals surface area contributed by atoms with Crippen LogP contribution < -0.4 is 5.32 Å². The molecule has 0 radical (unpaired) electrons. The highest BCUT2D eigenvalue weighted by molar-refractivity contribution is 5.86. The molecule has 1 saturated heterocycles. The van der Waals surface area contributed by atoms with E-state index in [0.717, 1.165) is 18.5 Å². The number of nitrogens with one attached hydrogen (secondary N) is 1. The molecule has 18 heavy (non-hydrogen) atoms. The molecule has 0 bridgehead atoms. The number of aliphatic hydroxyl groups excluding tert-OH is 1. The molecule has 1 fully saturated rings. The molecule has 1 aliphatic heterocycles. The lowest BCUT2D eigenvalue weighted by molar-refractivity contribution is 0.115. The van der Waals surface area contributed by atoms with E-state index in [1.807, 2.05) is 24.3 Å². The Morgan fingerprint density at radius 3 is 2.72 bits per heavy atom. The predicted octanol–water partition coefficient (Wildman–Crippen LogP) is 3.02. The van der Waals surface area contributed by atoms with E-state index < -0.39 is 6.10 Å². The summed E-state index contributed by atoms with van der Waals surface area (Å²) in [5.74, 6) is 0. The number of piperidine rings is 1. The van der Waals surface area contributed by atoms with E-state index >= 15 is 0 Å².